The van der Waals surface area contributed by atoms with E-state index in [9.17, 15) is 0 Å². The van der Waals surface area contributed by atoms with Crippen LogP contribution in [0, 0.1) is 11.3 Å². The van der Waals surface area contributed by atoms with Crippen LogP contribution in [0.1, 0.15) is 29.2 Å². The van der Waals surface area contributed by atoms with E-state index in [1.54, 1.807) is 18.2 Å². The number of nitrogens with zero attached hydrogens (tertiary/aromatic N) is 2. The molecule has 2 aromatic carbocycles. The molecule has 0 radical (unpaired) electrons. The van der Waals surface area contributed by atoms with Gasteiger partial charge in [-0.25, -0.2) is 0 Å². The summed E-state index contributed by atoms with van der Waals surface area (Å²) in [5, 5.41) is 12.9. The second kappa shape index (κ2) is 7.28. The van der Waals surface area contributed by atoms with Crippen molar-refractivity contribution in [3.05, 3.63) is 64.2 Å². The minimum absolute atomic E-state index is 0.0489. The Hall–Kier alpha value is -2.06. The maximum atomic E-state index is 9.04. The highest BCUT2D eigenvalue weighted by Crippen LogP contribution is 2.40. The molecule has 0 bridgehead atoms. The van der Waals surface area contributed by atoms with E-state index < -0.39 is 0 Å². The van der Waals surface area contributed by atoms with Crippen LogP contribution in [0.5, 0.6) is 5.75 Å². The van der Waals surface area contributed by atoms with Crippen molar-refractivity contribution in [1.29, 1.82) is 5.26 Å². The van der Waals surface area contributed by atoms with Gasteiger partial charge in [-0.05, 0) is 49.2 Å². The Morgan fingerprint density at radius 2 is 2.12 bits per heavy atom. The third-order valence-electron chi connectivity index (χ3n) is 5.55. The molecular weight excluding hydrogens is 346 g/mol. The molecule has 1 heterocycles. The zero-order valence-corrected chi connectivity index (χ0v) is 15.5. The number of nitrogens with one attached hydrogen (secondary N) is 1. The van der Waals surface area contributed by atoms with Crippen molar-refractivity contribution < 1.29 is 4.74 Å². The summed E-state index contributed by atoms with van der Waals surface area (Å²) in [4.78, 5) is 2.53. The van der Waals surface area contributed by atoms with Crippen LogP contribution in [0.4, 0.5) is 0 Å². The van der Waals surface area contributed by atoms with Crippen molar-refractivity contribution in [2.24, 2.45) is 0 Å². The SMILES string of the molecule is CNC1CCN([C@@H]2Cc3ccccc3[C@H]2Oc2ccc(C#N)cc2Cl)C1. The van der Waals surface area contributed by atoms with Gasteiger partial charge in [0.15, 0.2) is 0 Å². The fourth-order valence-corrected chi connectivity index (χ4v) is 4.35. The summed E-state index contributed by atoms with van der Waals surface area (Å²) in [7, 11) is 2.03. The van der Waals surface area contributed by atoms with Crippen LogP contribution in [0.25, 0.3) is 0 Å². The smallest absolute Gasteiger partial charge is 0.140 e. The molecule has 1 saturated heterocycles. The molecule has 3 atom stereocenters. The number of nitriles is 1. The number of likely N-dealkylation sites (tertiary alicyclic amines) is 1. The fraction of sp³-hybridized carbons (Fsp3) is 0.381. The summed E-state index contributed by atoms with van der Waals surface area (Å²) in [6.07, 6.45) is 2.10. The van der Waals surface area contributed by atoms with Crippen molar-refractivity contribution >= 4 is 11.6 Å². The summed E-state index contributed by atoms with van der Waals surface area (Å²) in [5.41, 5.74) is 3.13. The Labute approximate surface area is 159 Å². The number of fused-ring (bicyclic) bond motifs is 1. The molecule has 4 nitrogen and oxygen atoms in total. The Bertz CT molecular complexity index is 847. The van der Waals surface area contributed by atoms with Crippen molar-refractivity contribution in [1.82, 2.24) is 10.2 Å². The Balaban J connectivity index is 1.63. The van der Waals surface area contributed by atoms with Gasteiger partial charge in [-0.2, -0.15) is 5.26 Å². The zero-order valence-electron chi connectivity index (χ0n) is 14.8. The van der Waals surface area contributed by atoms with Crippen LogP contribution in [0.2, 0.25) is 5.02 Å². The van der Waals surface area contributed by atoms with Crippen LogP contribution in [-0.2, 0) is 6.42 Å². The molecule has 2 aromatic rings. The molecule has 1 unspecified atom stereocenters. The van der Waals surface area contributed by atoms with Crippen LogP contribution in [0.3, 0.4) is 0 Å². The first kappa shape index (κ1) is 17.4. The van der Waals surface area contributed by atoms with E-state index in [-0.39, 0.29) is 6.10 Å². The quantitative estimate of drug-likeness (QED) is 0.897. The number of benzene rings is 2. The first-order chi connectivity index (χ1) is 12.7. The summed E-state index contributed by atoms with van der Waals surface area (Å²) >= 11 is 6.37. The zero-order chi connectivity index (χ0) is 18.1. The summed E-state index contributed by atoms with van der Waals surface area (Å²) < 4.78 is 6.42. The largest absolute Gasteiger partial charge is 0.482 e. The molecule has 1 N–H and O–H groups in total. The lowest BCUT2D eigenvalue weighted by Crippen LogP contribution is -2.40. The van der Waals surface area contributed by atoms with Gasteiger partial charge in [-0.1, -0.05) is 35.9 Å². The van der Waals surface area contributed by atoms with Crippen molar-refractivity contribution in [3.8, 4) is 11.8 Å². The Morgan fingerprint density at radius 3 is 2.85 bits per heavy atom. The second-order valence-corrected chi connectivity index (χ2v) is 7.44. The predicted molar refractivity (Wildman–Crippen MR) is 103 cm³/mol. The highest BCUT2D eigenvalue weighted by atomic mass is 35.5. The average Bonchev–Trinajstić information content (AvgIpc) is 3.28. The number of hydrogen-bond donors (Lipinski definition) is 1. The topological polar surface area (TPSA) is 48.3 Å². The summed E-state index contributed by atoms with van der Waals surface area (Å²) in [5.74, 6) is 0.640. The second-order valence-electron chi connectivity index (χ2n) is 7.03. The highest BCUT2D eigenvalue weighted by molar-refractivity contribution is 6.32. The van der Waals surface area contributed by atoms with Crippen molar-refractivity contribution in [3.63, 3.8) is 0 Å². The van der Waals surface area contributed by atoms with Gasteiger partial charge in [0.2, 0.25) is 0 Å². The lowest BCUT2D eigenvalue weighted by atomic mass is 10.1. The molecule has 4 rings (SSSR count). The first-order valence-corrected chi connectivity index (χ1v) is 9.43. The van der Waals surface area contributed by atoms with Gasteiger partial charge in [0.1, 0.15) is 11.9 Å². The lowest BCUT2D eigenvalue weighted by Gasteiger charge is -2.30. The molecule has 0 aromatic heterocycles. The molecule has 1 aliphatic carbocycles. The lowest BCUT2D eigenvalue weighted by molar-refractivity contribution is 0.0928. The third kappa shape index (κ3) is 3.19. The van der Waals surface area contributed by atoms with E-state index in [0.717, 1.165) is 25.9 Å². The predicted octanol–water partition coefficient (Wildman–Crippen LogP) is 3.55. The minimum Gasteiger partial charge on any atom is -0.482 e. The Morgan fingerprint density at radius 1 is 1.27 bits per heavy atom. The van der Waals surface area contributed by atoms with Crippen LogP contribution >= 0.6 is 11.6 Å². The fourth-order valence-electron chi connectivity index (χ4n) is 4.13. The number of halogens is 1. The summed E-state index contributed by atoms with van der Waals surface area (Å²) in [6.45, 7) is 2.11. The van der Waals surface area contributed by atoms with Gasteiger partial charge in [0, 0.05) is 19.1 Å². The molecule has 134 valence electrons. The van der Waals surface area contributed by atoms with E-state index in [2.05, 4.69) is 40.6 Å². The van der Waals surface area contributed by atoms with Crippen molar-refractivity contribution in [2.45, 2.75) is 31.0 Å². The third-order valence-corrected chi connectivity index (χ3v) is 5.85. The molecule has 2 aliphatic rings. The molecule has 1 fully saturated rings. The van der Waals surface area contributed by atoms with E-state index in [4.69, 9.17) is 21.6 Å². The molecule has 1 aliphatic heterocycles. The molecule has 5 heteroatoms. The van der Waals surface area contributed by atoms with E-state index >= 15 is 0 Å². The first-order valence-electron chi connectivity index (χ1n) is 9.05. The highest BCUT2D eigenvalue weighted by Gasteiger charge is 2.40. The number of hydrogen-bond acceptors (Lipinski definition) is 4. The van der Waals surface area contributed by atoms with Crippen LogP contribution in [0.15, 0.2) is 42.5 Å². The molecular formula is C21H22ClN3O. The number of ether oxygens (including phenoxy) is 1. The molecule has 0 spiro atoms. The Kier molecular flexibility index (Phi) is 4.86. The standard InChI is InChI=1S/C21H22ClN3O/c1-24-16-8-9-25(13-16)19-11-15-4-2-3-5-17(15)21(19)26-20-7-6-14(12-23)10-18(20)22/h2-7,10,16,19,21,24H,8-9,11,13H2,1H3/t16?,19-,21-/m1/s1. The maximum Gasteiger partial charge on any atom is 0.140 e. The minimum atomic E-state index is -0.0489. The molecule has 26 heavy (non-hydrogen) atoms. The monoisotopic (exact) mass is 367 g/mol. The van der Waals surface area contributed by atoms with Gasteiger partial charge in [0.25, 0.3) is 0 Å². The van der Waals surface area contributed by atoms with Gasteiger partial charge in [0.05, 0.1) is 22.7 Å². The van der Waals surface area contributed by atoms with E-state index in [1.807, 2.05) is 7.05 Å². The number of likely N-dealkylation sites (N-methyl/N-ethyl adjacent to an activating group) is 1. The van der Waals surface area contributed by atoms with Gasteiger partial charge < -0.3 is 10.1 Å². The van der Waals surface area contributed by atoms with E-state index in [0.29, 0.717) is 28.4 Å². The van der Waals surface area contributed by atoms with Crippen LogP contribution in [-0.4, -0.2) is 37.1 Å². The van der Waals surface area contributed by atoms with E-state index in [1.165, 1.54) is 11.1 Å². The average molecular weight is 368 g/mol. The van der Waals surface area contributed by atoms with Gasteiger partial charge in [-0.15, -0.1) is 0 Å². The number of rotatable bonds is 4. The van der Waals surface area contributed by atoms with Gasteiger partial charge >= 0.3 is 0 Å². The van der Waals surface area contributed by atoms with Gasteiger partial charge in [-0.3, -0.25) is 4.90 Å². The van der Waals surface area contributed by atoms with Crippen LogP contribution < -0.4 is 10.1 Å². The maximum absolute atomic E-state index is 9.04. The van der Waals surface area contributed by atoms with Crippen molar-refractivity contribution in [2.75, 3.05) is 20.1 Å². The molecule has 0 saturated carbocycles. The summed E-state index contributed by atoms with van der Waals surface area (Å²) in [6, 6.07) is 16.7. The normalized spacial score (nSPS) is 25.0. The molecule has 0 amide bonds.